The quantitative estimate of drug-likeness (QED) is 0.308. The minimum absolute atomic E-state index is 0.0993. The summed E-state index contributed by atoms with van der Waals surface area (Å²) >= 11 is 0. The third-order valence-corrected chi connectivity index (χ3v) is 5.53. The molecule has 2 rings (SSSR count). The highest BCUT2D eigenvalue weighted by molar-refractivity contribution is 6.04. The molecule has 28 heavy (non-hydrogen) atoms. The van der Waals surface area contributed by atoms with Gasteiger partial charge in [0.15, 0.2) is 0 Å². The van der Waals surface area contributed by atoms with E-state index in [1.807, 2.05) is 0 Å². The number of nitrogens with zero attached hydrogens (tertiary/aromatic N) is 1. The number of carbonyl (C=O) groups is 4. The second-order valence-corrected chi connectivity index (χ2v) is 8.71. The first kappa shape index (κ1) is 21.5. The third kappa shape index (κ3) is 3.61. The fourth-order valence-electron chi connectivity index (χ4n) is 4.03. The summed E-state index contributed by atoms with van der Waals surface area (Å²) in [6, 6.07) is -1.60. The molecule has 8 nitrogen and oxygen atoms in total. The van der Waals surface area contributed by atoms with Crippen LogP contribution in [0, 0.1) is 29.1 Å². The van der Waals surface area contributed by atoms with E-state index in [4.69, 9.17) is 11.2 Å². The normalized spacial score (nSPS) is 28.8. The minimum atomic E-state index is -1.31. The van der Waals surface area contributed by atoms with Gasteiger partial charge in [-0.25, -0.2) is 9.59 Å². The molecule has 1 aliphatic heterocycles. The van der Waals surface area contributed by atoms with Gasteiger partial charge in [0, 0.05) is 12.0 Å². The van der Waals surface area contributed by atoms with E-state index in [1.165, 1.54) is 12.2 Å². The highest BCUT2D eigenvalue weighted by Gasteiger charge is 2.75. The fraction of sp³-hybridized carbons (Fsp3) is 0.600. The average Bonchev–Trinajstić information content (AvgIpc) is 2.88. The number of aliphatic carboxylic acids is 1. The van der Waals surface area contributed by atoms with Crippen LogP contribution in [0.25, 0.3) is 0 Å². The Morgan fingerprint density at radius 1 is 1.36 bits per heavy atom. The molecule has 3 atom stereocenters. The Balaban J connectivity index is 2.27. The van der Waals surface area contributed by atoms with Crippen LogP contribution >= 0.6 is 0 Å². The fourth-order valence-corrected chi connectivity index (χ4v) is 4.03. The third-order valence-electron chi connectivity index (χ3n) is 5.53. The molecule has 8 heteroatoms. The van der Waals surface area contributed by atoms with Crippen LogP contribution in [0.15, 0.2) is 12.2 Å². The van der Waals surface area contributed by atoms with Gasteiger partial charge in [0.05, 0.1) is 12.0 Å². The Morgan fingerprint density at radius 3 is 2.46 bits per heavy atom. The molecule has 1 unspecified atom stereocenters. The van der Waals surface area contributed by atoms with Crippen molar-refractivity contribution in [3.05, 3.63) is 12.2 Å². The average molecular weight is 390 g/mol. The Labute approximate surface area is 164 Å². The van der Waals surface area contributed by atoms with E-state index in [2.05, 4.69) is 11.2 Å². The second kappa shape index (κ2) is 6.97. The van der Waals surface area contributed by atoms with Crippen molar-refractivity contribution in [3.8, 4) is 12.3 Å². The standard InChI is InChI=1S/C20H26N2O6/c1-7-10-22-12(15(24)21-17(22)27)11-20(16(25)26)13(19(20,5)6)8-9-14(23)28-18(2,3)4/h1,8-9,12-13H,10-11H2,2-6H3,(H,25,26)(H,21,24,27)/b9-8-/t12?,13-,20+/m1/s1. The summed E-state index contributed by atoms with van der Waals surface area (Å²) in [6.45, 7) is 8.61. The summed E-state index contributed by atoms with van der Waals surface area (Å²) in [4.78, 5) is 49.5. The van der Waals surface area contributed by atoms with Crippen LogP contribution in [0.3, 0.4) is 0 Å². The molecule has 1 saturated carbocycles. The largest absolute Gasteiger partial charge is 0.481 e. The van der Waals surface area contributed by atoms with Gasteiger partial charge in [-0.1, -0.05) is 25.8 Å². The number of hydrogen-bond acceptors (Lipinski definition) is 5. The van der Waals surface area contributed by atoms with Gasteiger partial charge in [-0.2, -0.15) is 0 Å². The van der Waals surface area contributed by atoms with Gasteiger partial charge in [-0.05, 0) is 32.6 Å². The minimum Gasteiger partial charge on any atom is -0.481 e. The zero-order chi connectivity index (χ0) is 21.5. The predicted molar refractivity (Wildman–Crippen MR) is 99.8 cm³/mol. The van der Waals surface area contributed by atoms with Crippen molar-refractivity contribution in [2.24, 2.45) is 16.7 Å². The molecular formula is C20H26N2O6. The van der Waals surface area contributed by atoms with Gasteiger partial charge < -0.3 is 14.7 Å². The van der Waals surface area contributed by atoms with Crippen molar-refractivity contribution >= 4 is 23.9 Å². The summed E-state index contributed by atoms with van der Waals surface area (Å²) in [6.07, 6.45) is 7.91. The second-order valence-electron chi connectivity index (χ2n) is 8.71. The van der Waals surface area contributed by atoms with Gasteiger partial charge >= 0.3 is 18.0 Å². The lowest BCUT2D eigenvalue weighted by Crippen LogP contribution is -2.40. The van der Waals surface area contributed by atoms with Gasteiger partial charge in [-0.15, -0.1) is 6.42 Å². The number of amides is 3. The molecule has 0 radical (unpaired) electrons. The molecule has 3 amide bonds. The Hall–Kier alpha value is -2.82. The lowest BCUT2D eigenvalue weighted by molar-refractivity contribution is -0.149. The molecule has 1 saturated heterocycles. The Kier molecular flexibility index (Phi) is 5.35. The molecule has 2 fully saturated rings. The number of urea groups is 1. The van der Waals surface area contributed by atoms with Crippen molar-refractivity contribution in [2.75, 3.05) is 6.54 Å². The van der Waals surface area contributed by atoms with Crippen LogP contribution in [0.5, 0.6) is 0 Å². The predicted octanol–water partition coefficient (Wildman–Crippen LogP) is 1.55. The number of nitrogens with one attached hydrogen (secondary N) is 1. The van der Waals surface area contributed by atoms with Crippen molar-refractivity contribution in [3.63, 3.8) is 0 Å². The highest BCUT2D eigenvalue weighted by atomic mass is 16.6. The van der Waals surface area contributed by atoms with E-state index in [0.717, 1.165) is 4.90 Å². The zero-order valence-corrected chi connectivity index (χ0v) is 16.7. The summed E-state index contributed by atoms with van der Waals surface area (Å²) in [7, 11) is 0. The summed E-state index contributed by atoms with van der Waals surface area (Å²) < 4.78 is 5.21. The smallest absolute Gasteiger partial charge is 0.330 e. The number of imide groups is 1. The SMILES string of the molecule is C#CCN1C(=O)NC(=O)C1C[C@@]1(C(=O)O)[C@H](/C=C\C(=O)OC(C)(C)C)C1(C)C. The van der Waals surface area contributed by atoms with Crippen molar-refractivity contribution in [1.29, 1.82) is 0 Å². The number of hydrogen-bond donors (Lipinski definition) is 2. The first-order valence-electron chi connectivity index (χ1n) is 8.97. The van der Waals surface area contributed by atoms with Gasteiger partial charge in [-0.3, -0.25) is 14.9 Å². The maximum Gasteiger partial charge on any atom is 0.330 e. The number of carboxylic acid groups (broad SMARTS) is 1. The van der Waals surface area contributed by atoms with Crippen molar-refractivity contribution in [2.45, 2.75) is 52.7 Å². The van der Waals surface area contributed by atoms with Gasteiger partial charge in [0.25, 0.3) is 5.91 Å². The maximum absolute atomic E-state index is 12.2. The lowest BCUT2D eigenvalue weighted by atomic mass is 9.88. The first-order valence-corrected chi connectivity index (χ1v) is 8.97. The lowest BCUT2D eigenvalue weighted by Gasteiger charge is -2.24. The van der Waals surface area contributed by atoms with Gasteiger partial charge in [0.2, 0.25) is 0 Å². The molecule has 1 aliphatic carbocycles. The molecule has 0 spiro atoms. The molecule has 1 heterocycles. The number of terminal acetylenes is 1. The van der Waals surface area contributed by atoms with E-state index < -0.39 is 52.3 Å². The molecular weight excluding hydrogens is 364 g/mol. The monoisotopic (exact) mass is 390 g/mol. The number of ether oxygens (including phenoxy) is 1. The van der Waals surface area contributed by atoms with Crippen LogP contribution in [0.1, 0.15) is 41.0 Å². The van der Waals surface area contributed by atoms with Crippen molar-refractivity contribution < 1.29 is 29.0 Å². The first-order chi connectivity index (χ1) is 12.8. The van der Waals surface area contributed by atoms with Crippen LogP contribution < -0.4 is 5.32 Å². The van der Waals surface area contributed by atoms with Crippen LogP contribution in [0.2, 0.25) is 0 Å². The summed E-state index contributed by atoms with van der Waals surface area (Å²) in [5.41, 5.74) is -2.71. The maximum atomic E-state index is 12.2. The number of rotatable bonds is 6. The molecule has 0 aromatic carbocycles. The molecule has 2 aliphatic rings. The van der Waals surface area contributed by atoms with Crippen LogP contribution in [-0.2, 0) is 19.1 Å². The molecule has 0 aromatic heterocycles. The molecule has 0 aromatic rings. The van der Waals surface area contributed by atoms with E-state index in [0.29, 0.717) is 0 Å². The van der Waals surface area contributed by atoms with Gasteiger partial charge in [0.1, 0.15) is 11.6 Å². The highest BCUT2D eigenvalue weighted by Crippen LogP contribution is 2.72. The van der Waals surface area contributed by atoms with E-state index in [1.54, 1.807) is 34.6 Å². The summed E-state index contributed by atoms with van der Waals surface area (Å²) in [5.74, 6) is -0.439. The summed E-state index contributed by atoms with van der Waals surface area (Å²) in [5, 5.41) is 12.1. The van der Waals surface area contributed by atoms with Crippen LogP contribution in [-0.4, -0.2) is 52.1 Å². The number of carbonyl (C=O) groups excluding carboxylic acids is 3. The van der Waals surface area contributed by atoms with E-state index in [-0.39, 0.29) is 13.0 Å². The molecule has 2 N–H and O–H groups in total. The van der Waals surface area contributed by atoms with Crippen molar-refractivity contribution in [1.82, 2.24) is 10.2 Å². The molecule has 152 valence electrons. The topological polar surface area (TPSA) is 113 Å². The zero-order valence-electron chi connectivity index (χ0n) is 16.7. The number of esters is 1. The molecule has 0 bridgehead atoms. The van der Waals surface area contributed by atoms with E-state index >= 15 is 0 Å². The Morgan fingerprint density at radius 2 is 1.96 bits per heavy atom. The Bertz CT molecular complexity index is 785. The van der Waals surface area contributed by atoms with E-state index in [9.17, 15) is 24.3 Å². The number of carboxylic acids is 1. The number of allylic oxidation sites excluding steroid dienone is 1. The van der Waals surface area contributed by atoms with Crippen LogP contribution in [0.4, 0.5) is 4.79 Å².